The molecule has 122 valence electrons. The second-order valence-corrected chi connectivity index (χ2v) is 9.06. The van der Waals surface area contributed by atoms with Crippen LogP contribution in [0.15, 0.2) is 29.2 Å². The number of sulfonamides is 1. The van der Waals surface area contributed by atoms with Crippen molar-refractivity contribution in [3.8, 4) is 0 Å². The number of benzene rings is 1. The SMILES string of the molecule is CC1N(S(=O)(=O)c2ccc(Cl)cc2)C(C2CC2)COC1(C)C. The van der Waals surface area contributed by atoms with E-state index in [1.165, 1.54) is 0 Å². The highest BCUT2D eigenvalue weighted by atomic mass is 35.5. The highest BCUT2D eigenvalue weighted by Gasteiger charge is 2.51. The molecular weight excluding hydrogens is 322 g/mol. The molecule has 2 fully saturated rings. The summed E-state index contributed by atoms with van der Waals surface area (Å²) in [6.45, 7) is 6.30. The number of ether oxygens (including phenoxy) is 1. The summed E-state index contributed by atoms with van der Waals surface area (Å²) in [4.78, 5) is 0.298. The fourth-order valence-corrected chi connectivity index (χ4v) is 5.14. The van der Waals surface area contributed by atoms with Crippen LogP contribution in [-0.4, -0.2) is 37.0 Å². The first-order valence-corrected chi connectivity index (χ1v) is 9.48. The molecule has 4 nitrogen and oxygen atoms in total. The van der Waals surface area contributed by atoms with Gasteiger partial charge in [-0.15, -0.1) is 0 Å². The summed E-state index contributed by atoms with van der Waals surface area (Å²) < 4.78 is 34.0. The molecule has 0 radical (unpaired) electrons. The lowest BCUT2D eigenvalue weighted by Crippen LogP contribution is -2.62. The van der Waals surface area contributed by atoms with E-state index in [0.717, 1.165) is 12.8 Å². The minimum Gasteiger partial charge on any atom is -0.372 e. The summed E-state index contributed by atoms with van der Waals surface area (Å²) in [6.07, 6.45) is 2.15. The first-order valence-electron chi connectivity index (χ1n) is 7.66. The number of nitrogens with zero attached hydrogens (tertiary/aromatic N) is 1. The first kappa shape index (κ1) is 16.2. The van der Waals surface area contributed by atoms with E-state index in [4.69, 9.17) is 16.3 Å². The average molecular weight is 344 g/mol. The van der Waals surface area contributed by atoms with Crippen LogP contribution in [-0.2, 0) is 14.8 Å². The van der Waals surface area contributed by atoms with Crippen molar-refractivity contribution in [2.75, 3.05) is 6.61 Å². The zero-order chi connectivity index (χ0) is 16.1. The van der Waals surface area contributed by atoms with Crippen molar-refractivity contribution in [1.82, 2.24) is 4.31 Å². The average Bonchev–Trinajstić information content (AvgIpc) is 3.26. The third-order valence-electron chi connectivity index (χ3n) is 4.90. The summed E-state index contributed by atoms with van der Waals surface area (Å²) >= 11 is 5.88. The molecule has 1 saturated carbocycles. The van der Waals surface area contributed by atoms with Crippen LogP contribution >= 0.6 is 11.6 Å². The molecular formula is C16H22ClNO3S. The molecule has 2 unspecified atom stereocenters. The number of morpholine rings is 1. The van der Waals surface area contributed by atoms with Crippen LogP contribution in [0.4, 0.5) is 0 Å². The molecule has 22 heavy (non-hydrogen) atoms. The highest BCUT2D eigenvalue weighted by Crippen LogP contribution is 2.43. The molecule has 1 aromatic rings. The molecule has 1 aliphatic carbocycles. The van der Waals surface area contributed by atoms with Gasteiger partial charge in [0.2, 0.25) is 10.0 Å². The summed E-state index contributed by atoms with van der Waals surface area (Å²) in [5, 5.41) is 0.535. The first-order chi connectivity index (χ1) is 10.2. The zero-order valence-corrected chi connectivity index (χ0v) is 14.7. The summed E-state index contributed by atoms with van der Waals surface area (Å²) in [5.41, 5.74) is -0.495. The van der Waals surface area contributed by atoms with Crippen LogP contribution in [0.3, 0.4) is 0 Å². The lowest BCUT2D eigenvalue weighted by atomic mass is 9.96. The van der Waals surface area contributed by atoms with Crippen molar-refractivity contribution in [3.05, 3.63) is 29.3 Å². The standard InChI is InChI=1S/C16H22ClNO3S/c1-11-16(2,3)21-10-15(12-4-5-12)18(11)22(19,20)14-8-6-13(17)7-9-14/h6-9,11-12,15H,4-5,10H2,1-3H3. The summed E-state index contributed by atoms with van der Waals surface area (Å²) in [5.74, 6) is 0.417. The normalized spacial score (nSPS) is 29.5. The number of rotatable bonds is 3. The number of hydrogen-bond acceptors (Lipinski definition) is 3. The summed E-state index contributed by atoms with van der Waals surface area (Å²) in [6, 6.07) is 6.12. The molecule has 1 aliphatic heterocycles. The van der Waals surface area contributed by atoms with E-state index in [0.29, 0.717) is 22.4 Å². The van der Waals surface area contributed by atoms with Crippen molar-refractivity contribution < 1.29 is 13.2 Å². The molecule has 2 aliphatic rings. The van der Waals surface area contributed by atoms with Gasteiger partial charge in [-0.1, -0.05) is 11.6 Å². The van der Waals surface area contributed by atoms with E-state index in [2.05, 4.69) is 0 Å². The molecule has 1 aromatic carbocycles. The van der Waals surface area contributed by atoms with Gasteiger partial charge in [-0.3, -0.25) is 0 Å². The van der Waals surface area contributed by atoms with Gasteiger partial charge in [-0.25, -0.2) is 8.42 Å². The van der Waals surface area contributed by atoms with Crippen LogP contribution in [0.5, 0.6) is 0 Å². The van der Waals surface area contributed by atoms with E-state index in [1.807, 2.05) is 20.8 Å². The number of halogens is 1. The maximum atomic E-state index is 13.2. The summed E-state index contributed by atoms with van der Waals surface area (Å²) in [7, 11) is -3.56. The molecule has 1 heterocycles. The Morgan fingerprint density at radius 1 is 1.23 bits per heavy atom. The Morgan fingerprint density at radius 2 is 1.82 bits per heavy atom. The van der Waals surface area contributed by atoms with E-state index >= 15 is 0 Å². The molecule has 0 aromatic heterocycles. The van der Waals surface area contributed by atoms with Crippen molar-refractivity contribution in [1.29, 1.82) is 0 Å². The minimum atomic E-state index is -3.56. The van der Waals surface area contributed by atoms with Gasteiger partial charge in [0.05, 0.1) is 29.2 Å². The lowest BCUT2D eigenvalue weighted by molar-refractivity contribution is -0.124. The second-order valence-electron chi connectivity index (χ2n) is 6.78. The fraction of sp³-hybridized carbons (Fsp3) is 0.625. The Morgan fingerprint density at radius 3 is 2.36 bits per heavy atom. The highest BCUT2D eigenvalue weighted by molar-refractivity contribution is 7.89. The molecule has 0 bridgehead atoms. The van der Waals surface area contributed by atoms with Crippen molar-refractivity contribution in [2.45, 2.75) is 56.2 Å². The quantitative estimate of drug-likeness (QED) is 0.846. The van der Waals surface area contributed by atoms with Gasteiger partial charge in [0.1, 0.15) is 0 Å². The fourth-order valence-electron chi connectivity index (χ4n) is 3.03. The van der Waals surface area contributed by atoms with Crippen LogP contribution < -0.4 is 0 Å². The molecule has 1 saturated heterocycles. The van der Waals surface area contributed by atoms with Crippen LogP contribution in [0, 0.1) is 5.92 Å². The minimum absolute atomic E-state index is 0.0660. The maximum absolute atomic E-state index is 13.2. The van der Waals surface area contributed by atoms with Gasteiger partial charge in [-0.05, 0) is 63.8 Å². The molecule has 0 N–H and O–H groups in total. The van der Waals surface area contributed by atoms with E-state index in [-0.39, 0.29) is 12.1 Å². The number of hydrogen-bond donors (Lipinski definition) is 0. The topological polar surface area (TPSA) is 46.6 Å². The van der Waals surface area contributed by atoms with Crippen LogP contribution in [0.2, 0.25) is 5.02 Å². The van der Waals surface area contributed by atoms with Crippen molar-refractivity contribution in [3.63, 3.8) is 0 Å². The van der Waals surface area contributed by atoms with Crippen LogP contribution in [0.25, 0.3) is 0 Å². The monoisotopic (exact) mass is 343 g/mol. The van der Waals surface area contributed by atoms with Gasteiger partial charge < -0.3 is 4.74 Å². The van der Waals surface area contributed by atoms with E-state index in [1.54, 1.807) is 28.6 Å². The predicted molar refractivity (Wildman–Crippen MR) is 86.5 cm³/mol. The lowest BCUT2D eigenvalue weighted by Gasteiger charge is -2.48. The maximum Gasteiger partial charge on any atom is 0.243 e. The smallest absolute Gasteiger partial charge is 0.243 e. The van der Waals surface area contributed by atoms with Gasteiger partial charge in [0, 0.05) is 5.02 Å². The Labute approximate surface area is 137 Å². The largest absolute Gasteiger partial charge is 0.372 e. The third kappa shape index (κ3) is 2.80. The van der Waals surface area contributed by atoms with Gasteiger partial charge in [-0.2, -0.15) is 4.31 Å². The van der Waals surface area contributed by atoms with Gasteiger partial charge in [0.25, 0.3) is 0 Å². The zero-order valence-electron chi connectivity index (χ0n) is 13.1. The van der Waals surface area contributed by atoms with Gasteiger partial charge in [0.15, 0.2) is 0 Å². The van der Waals surface area contributed by atoms with Crippen molar-refractivity contribution in [2.24, 2.45) is 5.92 Å². The third-order valence-corrected chi connectivity index (χ3v) is 7.16. The Kier molecular flexibility index (Phi) is 4.05. The Balaban J connectivity index is 2.02. The molecule has 6 heteroatoms. The van der Waals surface area contributed by atoms with E-state index in [9.17, 15) is 8.42 Å². The Bertz CT molecular complexity index is 650. The Hall–Kier alpha value is -0.620. The molecule has 0 amide bonds. The molecule has 2 atom stereocenters. The van der Waals surface area contributed by atoms with Crippen molar-refractivity contribution >= 4 is 21.6 Å². The molecule has 3 rings (SSSR count). The second kappa shape index (κ2) is 5.48. The predicted octanol–water partition coefficient (Wildman–Crippen LogP) is 3.31. The van der Waals surface area contributed by atoms with Gasteiger partial charge >= 0.3 is 0 Å². The van der Waals surface area contributed by atoms with Crippen LogP contribution in [0.1, 0.15) is 33.6 Å². The molecule has 0 spiro atoms. The van der Waals surface area contributed by atoms with E-state index < -0.39 is 15.6 Å².